The number of benzene rings is 1. The molecular formula is C12H16NO+. The van der Waals surface area contributed by atoms with E-state index in [9.17, 15) is 4.79 Å². The zero-order valence-corrected chi connectivity index (χ0v) is 8.90. The Balaban J connectivity index is 2.74. The Morgan fingerprint density at radius 2 is 1.71 bits per heavy atom. The van der Waals surface area contributed by atoms with Crippen molar-refractivity contribution < 1.29 is 9.28 Å². The quantitative estimate of drug-likeness (QED) is 0.405. The summed E-state index contributed by atoms with van der Waals surface area (Å²) in [5.41, 5.74) is 0.734. The maximum absolute atomic E-state index is 11.6. The third-order valence-electron chi connectivity index (χ3n) is 1.73. The van der Waals surface area contributed by atoms with Gasteiger partial charge in [0.25, 0.3) is 0 Å². The largest absolute Gasteiger partial charge is 0.304 e. The van der Waals surface area contributed by atoms with E-state index >= 15 is 0 Å². The van der Waals surface area contributed by atoms with Crippen molar-refractivity contribution >= 4 is 5.78 Å². The first-order valence-corrected chi connectivity index (χ1v) is 4.59. The van der Waals surface area contributed by atoms with Gasteiger partial charge in [-0.05, 0) is 0 Å². The van der Waals surface area contributed by atoms with Crippen LogP contribution in [0.3, 0.4) is 0 Å². The van der Waals surface area contributed by atoms with Gasteiger partial charge in [0, 0.05) is 11.6 Å². The number of nitrogens with zero attached hydrogens (tertiary/aromatic N) is 1. The molecule has 0 saturated heterocycles. The predicted octanol–water partition coefficient (Wildman–Crippen LogP) is 2.09. The van der Waals surface area contributed by atoms with Crippen molar-refractivity contribution in [3.8, 4) is 0 Å². The van der Waals surface area contributed by atoms with Crippen molar-refractivity contribution in [2.45, 2.75) is 0 Å². The fraction of sp³-hybridized carbons (Fsp3) is 0.250. The van der Waals surface area contributed by atoms with E-state index in [2.05, 4.69) is 0 Å². The summed E-state index contributed by atoms with van der Waals surface area (Å²) in [7, 11) is 6.03. The molecule has 1 aromatic rings. The topological polar surface area (TPSA) is 17.1 Å². The standard InChI is InChI=1S/C12H16NO/c1-13(2,3)10-9-12(14)11-7-5-4-6-8-11/h4-10H,1-3H3/q+1/b10-9+. The molecule has 0 fully saturated rings. The zero-order chi connectivity index (χ0) is 10.6. The van der Waals surface area contributed by atoms with Gasteiger partial charge in [-0.25, -0.2) is 0 Å². The van der Waals surface area contributed by atoms with E-state index in [1.54, 1.807) is 6.08 Å². The summed E-state index contributed by atoms with van der Waals surface area (Å²) in [6, 6.07) is 9.28. The minimum Gasteiger partial charge on any atom is -0.304 e. The Labute approximate surface area is 85.1 Å². The maximum atomic E-state index is 11.6. The van der Waals surface area contributed by atoms with Crippen LogP contribution in [-0.4, -0.2) is 31.4 Å². The van der Waals surface area contributed by atoms with Crippen LogP contribution in [0.5, 0.6) is 0 Å². The van der Waals surface area contributed by atoms with Gasteiger partial charge in [0.15, 0.2) is 5.78 Å². The third-order valence-corrected chi connectivity index (χ3v) is 1.73. The molecule has 74 valence electrons. The molecule has 0 radical (unpaired) electrons. The highest BCUT2D eigenvalue weighted by molar-refractivity contribution is 6.04. The molecule has 0 aliphatic heterocycles. The van der Waals surface area contributed by atoms with Crippen molar-refractivity contribution in [2.75, 3.05) is 21.1 Å². The van der Waals surface area contributed by atoms with E-state index in [4.69, 9.17) is 0 Å². The Morgan fingerprint density at radius 1 is 1.14 bits per heavy atom. The first kappa shape index (κ1) is 10.7. The number of ketones is 1. The maximum Gasteiger partial charge on any atom is 0.191 e. The molecule has 0 aromatic heterocycles. The van der Waals surface area contributed by atoms with Crippen LogP contribution in [-0.2, 0) is 0 Å². The van der Waals surface area contributed by atoms with Crippen LogP contribution >= 0.6 is 0 Å². The fourth-order valence-corrected chi connectivity index (χ4v) is 0.990. The average Bonchev–Trinajstić information content (AvgIpc) is 2.14. The number of allylic oxidation sites excluding steroid dienone is 1. The molecule has 0 heterocycles. The molecular weight excluding hydrogens is 174 g/mol. The van der Waals surface area contributed by atoms with E-state index in [1.165, 1.54) is 0 Å². The SMILES string of the molecule is C[N+](C)(C)/C=C/C(=O)c1ccccc1. The second kappa shape index (κ2) is 4.20. The molecule has 0 N–H and O–H groups in total. The van der Waals surface area contributed by atoms with Crippen LogP contribution in [0.15, 0.2) is 42.6 Å². The average molecular weight is 190 g/mol. The van der Waals surface area contributed by atoms with Crippen molar-refractivity contribution in [3.63, 3.8) is 0 Å². The molecule has 0 amide bonds. The lowest BCUT2D eigenvalue weighted by molar-refractivity contribution is -0.817. The third kappa shape index (κ3) is 3.54. The molecule has 14 heavy (non-hydrogen) atoms. The monoisotopic (exact) mass is 190 g/mol. The molecule has 2 nitrogen and oxygen atoms in total. The summed E-state index contributed by atoms with van der Waals surface area (Å²) in [6.07, 6.45) is 3.49. The summed E-state index contributed by atoms with van der Waals surface area (Å²) in [4.78, 5) is 11.6. The highest BCUT2D eigenvalue weighted by Gasteiger charge is 2.04. The molecule has 0 saturated carbocycles. The van der Waals surface area contributed by atoms with E-state index in [-0.39, 0.29) is 5.78 Å². The molecule has 0 aliphatic carbocycles. The minimum atomic E-state index is 0.0543. The van der Waals surface area contributed by atoms with Crippen LogP contribution in [0.4, 0.5) is 0 Å². The second-order valence-electron chi connectivity index (χ2n) is 4.16. The van der Waals surface area contributed by atoms with Gasteiger partial charge in [0.05, 0.1) is 27.3 Å². The molecule has 0 bridgehead atoms. The van der Waals surface area contributed by atoms with Gasteiger partial charge in [-0.15, -0.1) is 0 Å². The first-order chi connectivity index (χ1) is 6.49. The molecule has 1 rings (SSSR count). The number of hydrogen-bond acceptors (Lipinski definition) is 1. The number of hydrogen-bond donors (Lipinski definition) is 0. The Hall–Kier alpha value is -1.41. The Bertz CT molecular complexity index is 333. The van der Waals surface area contributed by atoms with Crippen LogP contribution in [0.25, 0.3) is 0 Å². The molecule has 1 aromatic carbocycles. The molecule has 0 aliphatic rings. The van der Waals surface area contributed by atoms with Gasteiger partial charge in [0.1, 0.15) is 0 Å². The number of rotatable bonds is 3. The smallest absolute Gasteiger partial charge is 0.191 e. The van der Waals surface area contributed by atoms with Crippen molar-refractivity contribution in [1.29, 1.82) is 0 Å². The zero-order valence-electron chi connectivity index (χ0n) is 8.90. The fourth-order valence-electron chi connectivity index (χ4n) is 0.990. The van der Waals surface area contributed by atoms with E-state index < -0.39 is 0 Å². The second-order valence-corrected chi connectivity index (χ2v) is 4.16. The van der Waals surface area contributed by atoms with Crippen LogP contribution < -0.4 is 0 Å². The Kier molecular flexibility index (Phi) is 3.20. The van der Waals surface area contributed by atoms with Gasteiger partial charge in [-0.3, -0.25) is 4.79 Å². The lowest BCUT2D eigenvalue weighted by Crippen LogP contribution is -2.27. The highest BCUT2D eigenvalue weighted by atomic mass is 16.1. The summed E-state index contributed by atoms with van der Waals surface area (Å²) < 4.78 is 0.651. The van der Waals surface area contributed by atoms with Gasteiger partial charge in [-0.1, -0.05) is 30.3 Å². The molecule has 0 spiro atoms. The molecule has 2 heteroatoms. The first-order valence-electron chi connectivity index (χ1n) is 4.59. The Morgan fingerprint density at radius 3 is 2.21 bits per heavy atom. The van der Waals surface area contributed by atoms with Gasteiger partial charge < -0.3 is 4.48 Å². The van der Waals surface area contributed by atoms with Gasteiger partial charge >= 0.3 is 0 Å². The normalized spacial score (nSPS) is 11.9. The van der Waals surface area contributed by atoms with Crippen LogP contribution in [0.1, 0.15) is 10.4 Å². The summed E-state index contributed by atoms with van der Waals surface area (Å²) in [5.74, 6) is 0.0543. The summed E-state index contributed by atoms with van der Waals surface area (Å²) >= 11 is 0. The summed E-state index contributed by atoms with van der Waals surface area (Å²) in [5, 5.41) is 0. The van der Waals surface area contributed by atoms with Crippen LogP contribution in [0.2, 0.25) is 0 Å². The summed E-state index contributed by atoms with van der Waals surface area (Å²) in [6.45, 7) is 0. The minimum absolute atomic E-state index is 0.0543. The van der Waals surface area contributed by atoms with E-state index in [1.807, 2.05) is 57.7 Å². The lowest BCUT2D eigenvalue weighted by Gasteiger charge is -2.16. The molecule has 0 atom stereocenters. The lowest BCUT2D eigenvalue weighted by atomic mass is 10.1. The van der Waals surface area contributed by atoms with E-state index in [0.717, 1.165) is 5.56 Å². The number of quaternary nitrogens is 1. The van der Waals surface area contributed by atoms with Crippen molar-refractivity contribution in [2.24, 2.45) is 0 Å². The van der Waals surface area contributed by atoms with Crippen LogP contribution in [0, 0.1) is 0 Å². The predicted molar refractivity (Wildman–Crippen MR) is 57.9 cm³/mol. The highest BCUT2D eigenvalue weighted by Crippen LogP contribution is 2.02. The number of carbonyl (C=O) groups excluding carboxylic acids is 1. The van der Waals surface area contributed by atoms with Crippen molar-refractivity contribution in [3.05, 3.63) is 48.2 Å². The van der Waals surface area contributed by atoms with Gasteiger partial charge in [-0.2, -0.15) is 0 Å². The molecule has 0 unspecified atom stereocenters. The van der Waals surface area contributed by atoms with E-state index in [0.29, 0.717) is 4.48 Å². The van der Waals surface area contributed by atoms with Crippen molar-refractivity contribution in [1.82, 2.24) is 0 Å². The number of carbonyl (C=O) groups is 1. The van der Waals surface area contributed by atoms with Gasteiger partial charge in [0.2, 0.25) is 0 Å².